The molecule has 1 aliphatic rings. The molecule has 8 nitrogen and oxygen atoms in total. The molecule has 3 heterocycles. The summed E-state index contributed by atoms with van der Waals surface area (Å²) < 4.78 is 11.7. The maximum Gasteiger partial charge on any atom is 0.410 e. The van der Waals surface area contributed by atoms with Gasteiger partial charge in [-0.2, -0.15) is 0 Å². The van der Waals surface area contributed by atoms with Crippen LogP contribution in [-0.2, 0) is 11.3 Å². The largest absolute Gasteiger partial charge is 0.490 e. The summed E-state index contributed by atoms with van der Waals surface area (Å²) in [7, 11) is 0. The zero-order chi connectivity index (χ0) is 25.7. The fourth-order valence-corrected chi connectivity index (χ4v) is 4.52. The fraction of sp³-hybridized carbons (Fsp3) is 0.500. The van der Waals surface area contributed by atoms with E-state index in [1.807, 2.05) is 57.3 Å². The molecule has 3 aromatic rings. The second kappa shape index (κ2) is 11.3. The van der Waals surface area contributed by atoms with Crippen LogP contribution in [0.2, 0.25) is 0 Å². The number of likely N-dealkylation sites (N-methyl/N-ethyl adjacent to an activating group) is 1. The zero-order valence-corrected chi connectivity index (χ0v) is 21.8. The number of nitrogens with zero attached hydrogens (tertiary/aromatic N) is 3. The van der Waals surface area contributed by atoms with Crippen molar-refractivity contribution in [1.29, 1.82) is 0 Å². The summed E-state index contributed by atoms with van der Waals surface area (Å²) in [5.74, 6) is 0.819. The maximum absolute atomic E-state index is 12.3. The lowest BCUT2D eigenvalue weighted by molar-refractivity contribution is 0.0126. The van der Waals surface area contributed by atoms with Gasteiger partial charge in [-0.25, -0.2) is 4.79 Å². The molecule has 2 aromatic heterocycles. The van der Waals surface area contributed by atoms with E-state index in [4.69, 9.17) is 9.47 Å². The third-order valence-electron chi connectivity index (χ3n) is 6.39. The van der Waals surface area contributed by atoms with E-state index in [0.717, 1.165) is 59.5 Å². The van der Waals surface area contributed by atoms with Gasteiger partial charge in [-0.05, 0) is 63.7 Å². The highest BCUT2D eigenvalue weighted by Gasteiger charge is 2.27. The van der Waals surface area contributed by atoms with Gasteiger partial charge in [0.15, 0.2) is 0 Å². The Labute approximate surface area is 213 Å². The van der Waals surface area contributed by atoms with Crippen molar-refractivity contribution < 1.29 is 19.4 Å². The van der Waals surface area contributed by atoms with Crippen LogP contribution in [0.5, 0.6) is 5.75 Å². The number of benzene rings is 1. The molecule has 0 unspecified atom stereocenters. The molecule has 1 saturated heterocycles. The normalized spacial score (nSPS) is 15.0. The minimum Gasteiger partial charge on any atom is -0.490 e. The molecule has 0 atom stereocenters. The molecule has 194 valence electrons. The number of aliphatic hydroxyl groups is 1. The Hall–Kier alpha value is -3.10. The highest BCUT2D eigenvalue weighted by atomic mass is 16.6. The Bertz CT molecular complexity index is 1140. The predicted octanol–water partition coefficient (Wildman–Crippen LogP) is 4.82. The second-order valence-electron chi connectivity index (χ2n) is 10.3. The van der Waals surface area contributed by atoms with Gasteiger partial charge in [0.1, 0.15) is 17.5 Å². The SMILES string of the molecule is CCN(CCO)Cc1cc2c(-c3ccc(OC4CCN(C(=O)OC(C)(C)C)CC4)cc3)nccc2[nH]1. The molecule has 0 radical (unpaired) electrons. The number of hydrogen-bond donors (Lipinski definition) is 2. The number of aliphatic hydroxyl groups excluding tert-OH is 1. The van der Waals surface area contributed by atoms with E-state index in [9.17, 15) is 9.90 Å². The number of hydrogen-bond acceptors (Lipinski definition) is 6. The summed E-state index contributed by atoms with van der Waals surface area (Å²) in [4.78, 5) is 24.4. The lowest BCUT2D eigenvalue weighted by Crippen LogP contribution is -2.44. The number of carbonyl (C=O) groups is 1. The van der Waals surface area contributed by atoms with Crippen molar-refractivity contribution in [2.24, 2.45) is 0 Å². The molecule has 0 bridgehead atoms. The minimum absolute atomic E-state index is 0.0729. The first kappa shape index (κ1) is 26.0. The summed E-state index contributed by atoms with van der Waals surface area (Å²) in [6.07, 6.45) is 3.20. The number of nitrogens with one attached hydrogen (secondary N) is 1. The van der Waals surface area contributed by atoms with Crippen LogP contribution in [0, 0.1) is 0 Å². The van der Waals surface area contributed by atoms with Gasteiger partial charge in [0.05, 0.1) is 12.3 Å². The molecule has 1 amide bonds. The second-order valence-corrected chi connectivity index (χ2v) is 10.3. The summed E-state index contributed by atoms with van der Waals surface area (Å²) in [6.45, 7) is 11.4. The highest BCUT2D eigenvalue weighted by Crippen LogP contribution is 2.30. The molecular weight excluding hydrogens is 456 g/mol. The molecule has 0 aliphatic carbocycles. The van der Waals surface area contributed by atoms with Gasteiger partial charge in [0.2, 0.25) is 0 Å². The number of piperidine rings is 1. The third kappa shape index (κ3) is 6.56. The Morgan fingerprint density at radius 2 is 1.92 bits per heavy atom. The van der Waals surface area contributed by atoms with Crippen molar-refractivity contribution >= 4 is 17.0 Å². The summed E-state index contributed by atoms with van der Waals surface area (Å²) >= 11 is 0. The van der Waals surface area contributed by atoms with E-state index in [0.29, 0.717) is 19.6 Å². The molecule has 1 fully saturated rings. The van der Waals surface area contributed by atoms with Gasteiger partial charge in [0, 0.05) is 67.4 Å². The number of H-pyrrole nitrogens is 1. The van der Waals surface area contributed by atoms with Gasteiger partial charge >= 0.3 is 6.09 Å². The number of amides is 1. The quantitative estimate of drug-likeness (QED) is 0.467. The Balaban J connectivity index is 1.39. The standard InChI is InChI=1S/C28H38N4O4/c1-5-31(16-17-33)19-21-18-24-25(30-21)10-13-29-26(24)20-6-8-22(9-7-20)35-23-11-14-32(15-12-23)27(34)36-28(2,3)4/h6-10,13,18,23,30,33H,5,11-12,14-17,19H2,1-4H3. The summed E-state index contributed by atoms with van der Waals surface area (Å²) in [5, 5.41) is 10.4. The monoisotopic (exact) mass is 494 g/mol. The number of aromatic amines is 1. The number of pyridine rings is 1. The van der Waals surface area contributed by atoms with Crippen LogP contribution in [0.3, 0.4) is 0 Å². The van der Waals surface area contributed by atoms with Crippen molar-refractivity contribution in [2.75, 3.05) is 32.8 Å². The first-order valence-corrected chi connectivity index (χ1v) is 12.8. The van der Waals surface area contributed by atoms with Crippen molar-refractivity contribution in [3.8, 4) is 17.0 Å². The van der Waals surface area contributed by atoms with Crippen LogP contribution in [0.4, 0.5) is 4.79 Å². The van der Waals surface area contributed by atoms with Crippen molar-refractivity contribution in [2.45, 2.75) is 58.8 Å². The first-order valence-electron chi connectivity index (χ1n) is 12.8. The van der Waals surface area contributed by atoms with E-state index in [1.54, 1.807) is 4.90 Å². The van der Waals surface area contributed by atoms with Crippen molar-refractivity contribution in [1.82, 2.24) is 19.8 Å². The fourth-order valence-electron chi connectivity index (χ4n) is 4.52. The minimum atomic E-state index is -0.483. The molecule has 4 rings (SSSR count). The molecule has 2 N–H and O–H groups in total. The van der Waals surface area contributed by atoms with Crippen molar-refractivity contribution in [3.05, 3.63) is 48.3 Å². The predicted molar refractivity (Wildman–Crippen MR) is 141 cm³/mol. The summed E-state index contributed by atoms with van der Waals surface area (Å²) in [6, 6.07) is 12.2. The Morgan fingerprint density at radius 3 is 2.56 bits per heavy atom. The molecule has 1 aliphatic heterocycles. The van der Waals surface area contributed by atoms with Crippen LogP contribution >= 0.6 is 0 Å². The third-order valence-corrected chi connectivity index (χ3v) is 6.39. The van der Waals surface area contributed by atoms with E-state index < -0.39 is 5.60 Å². The molecule has 0 saturated carbocycles. The van der Waals surface area contributed by atoms with Crippen LogP contribution in [0.1, 0.15) is 46.2 Å². The maximum atomic E-state index is 12.3. The Morgan fingerprint density at radius 1 is 1.19 bits per heavy atom. The first-order chi connectivity index (χ1) is 17.3. The zero-order valence-electron chi connectivity index (χ0n) is 21.8. The van der Waals surface area contributed by atoms with Crippen molar-refractivity contribution in [3.63, 3.8) is 0 Å². The highest BCUT2D eigenvalue weighted by molar-refractivity contribution is 5.93. The van der Waals surface area contributed by atoms with Crippen LogP contribution in [0.25, 0.3) is 22.2 Å². The number of likely N-dealkylation sites (tertiary alicyclic amines) is 1. The van der Waals surface area contributed by atoms with Gasteiger partial charge in [-0.1, -0.05) is 6.92 Å². The van der Waals surface area contributed by atoms with Crippen LogP contribution in [0.15, 0.2) is 42.6 Å². The van der Waals surface area contributed by atoms with E-state index in [-0.39, 0.29) is 18.8 Å². The number of rotatable bonds is 8. The molecule has 8 heteroatoms. The number of carbonyl (C=O) groups excluding carboxylic acids is 1. The Kier molecular flexibility index (Phi) is 8.16. The number of aromatic nitrogens is 2. The topological polar surface area (TPSA) is 90.9 Å². The van der Waals surface area contributed by atoms with Gasteiger partial charge in [-0.3, -0.25) is 9.88 Å². The van der Waals surface area contributed by atoms with Gasteiger partial charge in [0.25, 0.3) is 0 Å². The lowest BCUT2D eigenvalue weighted by atomic mass is 10.1. The molecule has 36 heavy (non-hydrogen) atoms. The van der Waals surface area contributed by atoms with Gasteiger partial charge in [-0.15, -0.1) is 0 Å². The summed E-state index contributed by atoms with van der Waals surface area (Å²) in [5.41, 5.74) is 3.63. The number of fused-ring (bicyclic) bond motifs is 1. The van der Waals surface area contributed by atoms with Gasteiger partial charge < -0.3 is 24.5 Å². The van der Waals surface area contributed by atoms with Crippen LogP contribution in [-0.4, -0.2) is 75.5 Å². The lowest BCUT2D eigenvalue weighted by Gasteiger charge is -2.33. The molecule has 0 spiro atoms. The van der Waals surface area contributed by atoms with E-state index >= 15 is 0 Å². The van der Waals surface area contributed by atoms with E-state index in [1.165, 1.54) is 0 Å². The molecule has 1 aromatic carbocycles. The van der Waals surface area contributed by atoms with Crippen LogP contribution < -0.4 is 4.74 Å². The smallest absolute Gasteiger partial charge is 0.410 e. The molecular formula is C28H38N4O4. The average molecular weight is 495 g/mol. The average Bonchev–Trinajstić information content (AvgIpc) is 3.26. The number of ether oxygens (including phenoxy) is 2. The van der Waals surface area contributed by atoms with E-state index in [2.05, 4.69) is 27.9 Å².